The van der Waals surface area contributed by atoms with Crippen molar-refractivity contribution in [1.29, 1.82) is 0 Å². The van der Waals surface area contributed by atoms with Crippen molar-refractivity contribution < 1.29 is 4.79 Å². The molecule has 1 rings (SSSR count). The number of hydrogen-bond acceptors (Lipinski definition) is 3. The van der Waals surface area contributed by atoms with Gasteiger partial charge in [-0.1, -0.05) is 6.07 Å². The summed E-state index contributed by atoms with van der Waals surface area (Å²) in [5.74, 6) is -0.200. The Morgan fingerprint density at radius 3 is 2.86 bits per heavy atom. The van der Waals surface area contributed by atoms with Gasteiger partial charge in [0.2, 0.25) is 0 Å². The van der Waals surface area contributed by atoms with Crippen LogP contribution in [0.3, 0.4) is 0 Å². The lowest BCUT2D eigenvalue weighted by Gasteiger charge is -2.07. The highest BCUT2D eigenvalue weighted by molar-refractivity contribution is 9.10. The third kappa shape index (κ3) is 2.46. The molecule has 0 bridgehead atoms. The van der Waals surface area contributed by atoms with Crippen LogP contribution in [0.1, 0.15) is 10.4 Å². The zero-order valence-corrected chi connectivity index (χ0v) is 9.17. The minimum atomic E-state index is -0.200. The zero-order valence-electron chi connectivity index (χ0n) is 7.59. The van der Waals surface area contributed by atoms with Crippen LogP contribution < -0.4 is 16.8 Å². The molecule has 0 aliphatic heterocycles. The minimum Gasteiger partial charge on any atom is -0.397 e. The number of benzene rings is 1. The molecule has 1 amide bonds. The number of nitrogens with two attached hydrogens (primary N) is 2. The van der Waals surface area contributed by atoms with Crippen LogP contribution in [0.4, 0.5) is 5.69 Å². The first-order chi connectivity index (χ1) is 6.66. The van der Waals surface area contributed by atoms with E-state index in [2.05, 4.69) is 21.2 Å². The van der Waals surface area contributed by atoms with Crippen LogP contribution in [0.25, 0.3) is 0 Å². The molecule has 0 aromatic heterocycles. The first kappa shape index (κ1) is 11.0. The number of carbonyl (C=O) groups excluding carboxylic acids is 1. The summed E-state index contributed by atoms with van der Waals surface area (Å²) in [6.45, 7) is 0.866. The van der Waals surface area contributed by atoms with E-state index < -0.39 is 0 Å². The molecule has 0 aliphatic carbocycles. The molecule has 0 heterocycles. The average Bonchev–Trinajstić information content (AvgIpc) is 2.18. The fourth-order valence-electron chi connectivity index (χ4n) is 1.02. The second kappa shape index (κ2) is 4.97. The Balaban J connectivity index is 2.84. The second-order valence-electron chi connectivity index (χ2n) is 2.75. The monoisotopic (exact) mass is 257 g/mol. The molecule has 0 spiro atoms. The molecule has 1 aromatic carbocycles. The lowest BCUT2D eigenvalue weighted by Crippen LogP contribution is -2.29. The van der Waals surface area contributed by atoms with Crippen LogP contribution in [0.15, 0.2) is 22.7 Å². The van der Waals surface area contributed by atoms with Crippen molar-refractivity contribution in [3.63, 3.8) is 0 Å². The van der Waals surface area contributed by atoms with Gasteiger partial charge in [-0.3, -0.25) is 4.79 Å². The van der Waals surface area contributed by atoms with Crippen molar-refractivity contribution in [1.82, 2.24) is 5.32 Å². The summed E-state index contributed by atoms with van der Waals surface area (Å²) in [7, 11) is 0. The molecule has 5 heteroatoms. The lowest BCUT2D eigenvalue weighted by molar-refractivity contribution is 0.0955. The lowest BCUT2D eigenvalue weighted by atomic mass is 10.1. The molecule has 0 atom stereocenters. The SMILES string of the molecule is NCCNC(=O)c1cccc(Br)c1N. The van der Waals surface area contributed by atoms with E-state index in [1.165, 1.54) is 0 Å². The third-order valence-corrected chi connectivity index (χ3v) is 2.42. The number of para-hydroxylation sites is 1. The molecular formula is C9H12BrN3O. The highest BCUT2D eigenvalue weighted by atomic mass is 79.9. The van der Waals surface area contributed by atoms with Crippen molar-refractivity contribution >= 4 is 27.5 Å². The molecule has 0 saturated carbocycles. The van der Waals surface area contributed by atoms with Crippen molar-refractivity contribution in [2.75, 3.05) is 18.8 Å². The Kier molecular flexibility index (Phi) is 3.91. The Morgan fingerprint density at radius 2 is 2.21 bits per heavy atom. The van der Waals surface area contributed by atoms with Gasteiger partial charge in [-0.15, -0.1) is 0 Å². The van der Waals surface area contributed by atoms with Crippen LogP contribution in [0, 0.1) is 0 Å². The van der Waals surface area contributed by atoms with E-state index in [0.29, 0.717) is 24.3 Å². The Bertz CT molecular complexity index is 341. The van der Waals surface area contributed by atoms with E-state index in [9.17, 15) is 4.79 Å². The summed E-state index contributed by atoms with van der Waals surface area (Å²) < 4.78 is 0.720. The van der Waals surface area contributed by atoms with Gasteiger partial charge in [-0.2, -0.15) is 0 Å². The minimum absolute atomic E-state index is 0.200. The van der Waals surface area contributed by atoms with Gasteiger partial charge in [0.25, 0.3) is 5.91 Å². The summed E-state index contributed by atoms with van der Waals surface area (Å²) in [5.41, 5.74) is 11.9. The molecule has 0 fully saturated rings. The molecule has 0 aliphatic rings. The number of halogens is 1. The number of nitrogens with one attached hydrogen (secondary N) is 1. The van der Waals surface area contributed by atoms with Gasteiger partial charge in [0.15, 0.2) is 0 Å². The standard InChI is InChI=1S/C9H12BrN3O/c10-7-3-1-2-6(8(7)12)9(14)13-5-4-11/h1-3H,4-5,11-12H2,(H,13,14). The number of nitrogen functional groups attached to an aromatic ring is 1. The van der Waals surface area contributed by atoms with Crippen LogP contribution in [-0.2, 0) is 0 Å². The number of rotatable bonds is 3. The summed E-state index contributed by atoms with van der Waals surface area (Å²) in [4.78, 5) is 11.5. The predicted molar refractivity (Wildman–Crippen MR) is 59.9 cm³/mol. The van der Waals surface area contributed by atoms with E-state index >= 15 is 0 Å². The Labute approximate surface area is 90.8 Å². The maximum Gasteiger partial charge on any atom is 0.253 e. The maximum absolute atomic E-state index is 11.5. The number of carbonyl (C=O) groups is 1. The summed E-state index contributed by atoms with van der Waals surface area (Å²) in [5, 5.41) is 2.65. The summed E-state index contributed by atoms with van der Waals surface area (Å²) >= 11 is 3.25. The molecule has 0 unspecified atom stereocenters. The Hall–Kier alpha value is -1.07. The van der Waals surface area contributed by atoms with Crippen molar-refractivity contribution in [3.05, 3.63) is 28.2 Å². The van der Waals surface area contributed by atoms with Gasteiger partial charge in [-0.25, -0.2) is 0 Å². The fraction of sp³-hybridized carbons (Fsp3) is 0.222. The van der Waals surface area contributed by atoms with Gasteiger partial charge >= 0.3 is 0 Å². The van der Waals surface area contributed by atoms with E-state index in [4.69, 9.17) is 11.5 Å². The fourth-order valence-corrected chi connectivity index (χ4v) is 1.38. The van der Waals surface area contributed by atoms with Crippen LogP contribution >= 0.6 is 15.9 Å². The Morgan fingerprint density at radius 1 is 1.50 bits per heavy atom. The molecule has 14 heavy (non-hydrogen) atoms. The molecule has 0 radical (unpaired) electrons. The van der Waals surface area contributed by atoms with E-state index in [1.54, 1.807) is 18.2 Å². The smallest absolute Gasteiger partial charge is 0.253 e. The molecule has 4 nitrogen and oxygen atoms in total. The zero-order chi connectivity index (χ0) is 10.6. The largest absolute Gasteiger partial charge is 0.397 e. The predicted octanol–water partition coefficient (Wildman–Crippen LogP) is 0.720. The van der Waals surface area contributed by atoms with Gasteiger partial charge in [0.05, 0.1) is 11.3 Å². The third-order valence-electron chi connectivity index (χ3n) is 1.73. The topological polar surface area (TPSA) is 81.1 Å². The van der Waals surface area contributed by atoms with E-state index in [1.807, 2.05) is 0 Å². The highest BCUT2D eigenvalue weighted by Crippen LogP contribution is 2.22. The van der Waals surface area contributed by atoms with Gasteiger partial charge in [-0.05, 0) is 28.1 Å². The van der Waals surface area contributed by atoms with Crippen LogP contribution in [0.5, 0.6) is 0 Å². The number of amides is 1. The molecular weight excluding hydrogens is 246 g/mol. The molecule has 1 aromatic rings. The van der Waals surface area contributed by atoms with Gasteiger partial charge < -0.3 is 16.8 Å². The maximum atomic E-state index is 11.5. The highest BCUT2D eigenvalue weighted by Gasteiger charge is 2.09. The number of hydrogen-bond donors (Lipinski definition) is 3. The van der Waals surface area contributed by atoms with Crippen molar-refractivity contribution in [2.45, 2.75) is 0 Å². The van der Waals surface area contributed by atoms with Gasteiger partial charge in [0, 0.05) is 17.6 Å². The quantitative estimate of drug-likeness (QED) is 0.699. The normalized spacial score (nSPS) is 9.86. The molecule has 0 saturated heterocycles. The van der Waals surface area contributed by atoms with Crippen molar-refractivity contribution in [2.24, 2.45) is 5.73 Å². The first-order valence-electron chi connectivity index (χ1n) is 4.19. The summed E-state index contributed by atoms with van der Waals surface area (Å²) in [6, 6.07) is 5.22. The average molecular weight is 258 g/mol. The van der Waals surface area contributed by atoms with E-state index in [0.717, 1.165) is 4.47 Å². The van der Waals surface area contributed by atoms with E-state index in [-0.39, 0.29) is 5.91 Å². The summed E-state index contributed by atoms with van der Waals surface area (Å²) in [6.07, 6.45) is 0. The second-order valence-corrected chi connectivity index (χ2v) is 3.60. The van der Waals surface area contributed by atoms with Gasteiger partial charge in [0.1, 0.15) is 0 Å². The van der Waals surface area contributed by atoms with Crippen LogP contribution in [0.2, 0.25) is 0 Å². The number of anilines is 1. The first-order valence-corrected chi connectivity index (χ1v) is 4.98. The van der Waals surface area contributed by atoms with Crippen LogP contribution in [-0.4, -0.2) is 19.0 Å². The molecule has 5 N–H and O–H groups in total. The molecule has 76 valence electrons. The van der Waals surface area contributed by atoms with Crippen molar-refractivity contribution in [3.8, 4) is 0 Å².